The third-order valence-corrected chi connectivity index (χ3v) is 3.49. The Bertz CT molecular complexity index is 531. The molecule has 19 heavy (non-hydrogen) atoms. The standard InChI is InChI=1S/C13H14ClNO4/c1-7-2-3-9(10(14)4-7)12(17)15-6-8(16)5-11(15)13(18)19/h2-4,8,11,16H,5-6H2,1H3,(H,18,19)/t8-,11+/m1/s1. The average molecular weight is 284 g/mol. The van der Waals surface area contributed by atoms with Crippen LogP contribution in [0.4, 0.5) is 0 Å². The van der Waals surface area contributed by atoms with E-state index in [4.69, 9.17) is 16.7 Å². The molecule has 6 heteroatoms. The first kappa shape index (κ1) is 13.8. The number of β-amino-alcohol motifs (C(OH)–C–C–N with tert-alkyl or cyclic N) is 1. The van der Waals surface area contributed by atoms with E-state index in [1.54, 1.807) is 18.2 Å². The van der Waals surface area contributed by atoms with Crippen LogP contribution in [0.2, 0.25) is 5.02 Å². The fourth-order valence-electron chi connectivity index (χ4n) is 2.22. The number of carboxylic acid groups (broad SMARTS) is 1. The van der Waals surface area contributed by atoms with Crippen molar-refractivity contribution in [2.45, 2.75) is 25.5 Å². The number of hydrogen-bond donors (Lipinski definition) is 2. The first-order valence-electron chi connectivity index (χ1n) is 5.88. The molecular weight excluding hydrogens is 270 g/mol. The second-order valence-corrected chi connectivity index (χ2v) is 5.09. The van der Waals surface area contributed by atoms with Crippen molar-refractivity contribution < 1.29 is 19.8 Å². The van der Waals surface area contributed by atoms with E-state index < -0.39 is 24.0 Å². The van der Waals surface area contributed by atoms with Crippen LogP contribution in [-0.4, -0.2) is 45.7 Å². The Morgan fingerprint density at radius 1 is 1.42 bits per heavy atom. The van der Waals surface area contributed by atoms with E-state index in [0.29, 0.717) is 0 Å². The number of amides is 1. The van der Waals surface area contributed by atoms with Gasteiger partial charge in [-0.25, -0.2) is 4.79 Å². The quantitative estimate of drug-likeness (QED) is 0.858. The Kier molecular flexibility index (Phi) is 3.78. The number of nitrogens with zero attached hydrogens (tertiary/aromatic N) is 1. The molecule has 1 saturated heterocycles. The van der Waals surface area contributed by atoms with Gasteiger partial charge in [-0.3, -0.25) is 4.79 Å². The lowest BCUT2D eigenvalue weighted by Gasteiger charge is -2.21. The molecule has 1 amide bonds. The van der Waals surface area contributed by atoms with Gasteiger partial charge < -0.3 is 15.1 Å². The zero-order chi connectivity index (χ0) is 14.2. The summed E-state index contributed by atoms with van der Waals surface area (Å²) >= 11 is 6.01. The van der Waals surface area contributed by atoms with Crippen molar-refractivity contribution in [1.29, 1.82) is 0 Å². The van der Waals surface area contributed by atoms with Gasteiger partial charge in [-0.1, -0.05) is 17.7 Å². The second kappa shape index (κ2) is 5.19. The van der Waals surface area contributed by atoms with Gasteiger partial charge >= 0.3 is 5.97 Å². The summed E-state index contributed by atoms with van der Waals surface area (Å²) in [5.41, 5.74) is 1.17. The summed E-state index contributed by atoms with van der Waals surface area (Å²) in [7, 11) is 0. The number of aliphatic hydroxyl groups excluding tert-OH is 1. The van der Waals surface area contributed by atoms with Crippen molar-refractivity contribution in [1.82, 2.24) is 4.90 Å². The van der Waals surface area contributed by atoms with Crippen molar-refractivity contribution in [2.24, 2.45) is 0 Å². The van der Waals surface area contributed by atoms with Crippen LogP contribution in [0.25, 0.3) is 0 Å². The highest BCUT2D eigenvalue weighted by Crippen LogP contribution is 2.25. The molecule has 102 valence electrons. The highest BCUT2D eigenvalue weighted by molar-refractivity contribution is 6.34. The molecule has 1 aliphatic rings. The van der Waals surface area contributed by atoms with Gasteiger partial charge in [-0.15, -0.1) is 0 Å². The van der Waals surface area contributed by atoms with Crippen molar-refractivity contribution in [3.8, 4) is 0 Å². The highest BCUT2D eigenvalue weighted by atomic mass is 35.5. The largest absolute Gasteiger partial charge is 0.480 e. The number of aliphatic hydroxyl groups is 1. The molecule has 0 aliphatic carbocycles. The zero-order valence-corrected chi connectivity index (χ0v) is 11.1. The van der Waals surface area contributed by atoms with Gasteiger partial charge in [0.2, 0.25) is 0 Å². The van der Waals surface area contributed by atoms with Crippen molar-refractivity contribution >= 4 is 23.5 Å². The SMILES string of the molecule is Cc1ccc(C(=O)N2C[C@H](O)C[C@H]2C(=O)O)c(Cl)c1. The number of rotatable bonds is 2. The molecule has 1 aromatic rings. The summed E-state index contributed by atoms with van der Waals surface area (Å²) in [5, 5.41) is 18.9. The number of benzene rings is 1. The zero-order valence-electron chi connectivity index (χ0n) is 10.3. The van der Waals surface area contributed by atoms with E-state index in [-0.39, 0.29) is 23.6 Å². The van der Waals surface area contributed by atoms with Gasteiger partial charge in [0.05, 0.1) is 16.7 Å². The molecule has 2 N–H and O–H groups in total. The number of aliphatic carboxylic acids is 1. The van der Waals surface area contributed by atoms with Crippen molar-refractivity contribution in [3.05, 3.63) is 34.3 Å². The van der Waals surface area contributed by atoms with Crippen LogP contribution in [0.1, 0.15) is 22.3 Å². The second-order valence-electron chi connectivity index (χ2n) is 4.68. The first-order chi connectivity index (χ1) is 8.90. The number of carbonyl (C=O) groups excluding carboxylic acids is 1. The van der Waals surface area contributed by atoms with Crippen LogP contribution >= 0.6 is 11.6 Å². The van der Waals surface area contributed by atoms with E-state index in [1.165, 1.54) is 0 Å². The van der Waals surface area contributed by atoms with E-state index in [1.807, 2.05) is 6.92 Å². The molecule has 1 heterocycles. The number of carboxylic acids is 1. The molecule has 1 aromatic carbocycles. The van der Waals surface area contributed by atoms with Crippen LogP contribution in [0, 0.1) is 6.92 Å². The number of carbonyl (C=O) groups is 2. The Balaban J connectivity index is 2.30. The summed E-state index contributed by atoms with van der Waals surface area (Å²) in [4.78, 5) is 24.6. The maximum Gasteiger partial charge on any atom is 0.326 e. The molecule has 2 rings (SSSR count). The van der Waals surface area contributed by atoms with Gasteiger partial charge in [0.25, 0.3) is 5.91 Å². The van der Waals surface area contributed by atoms with Crippen LogP contribution < -0.4 is 0 Å². The van der Waals surface area contributed by atoms with Crippen LogP contribution in [0.5, 0.6) is 0 Å². The lowest BCUT2D eigenvalue weighted by atomic mass is 10.1. The minimum absolute atomic E-state index is 0.0139. The third-order valence-electron chi connectivity index (χ3n) is 3.18. The predicted octanol–water partition coefficient (Wildman–Crippen LogP) is 1.31. The molecule has 1 fully saturated rings. The van der Waals surface area contributed by atoms with Gasteiger partial charge in [-0.2, -0.15) is 0 Å². The van der Waals surface area contributed by atoms with E-state index in [9.17, 15) is 14.7 Å². The summed E-state index contributed by atoms with van der Waals surface area (Å²) in [6.45, 7) is 1.86. The number of halogens is 1. The first-order valence-corrected chi connectivity index (χ1v) is 6.26. The maximum atomic E-state index is 12.3. The fourth-order valence-corrected chi connectivity index (χ4v) is 2.54. The maximum absolute atomic E-state index is 12.3. The topological polar surface area (TPSA) is 77.8 Å². The van der Waals surface area contributed by atoms with Crippen LogP contribution in [0.15, 0.2) is 18.2 Å². The van der Waals surface area contributed by atoms with E-state index in [2.05, 4.69) is 0 Å². The molecule has 5 nitrogen and oxygen atoms in total. The van der Waals surface area contributed by atoms with Gasteiger partial charge in [0.1, 0.15) is 6.04 Å². The van der Waals surface area contributed by atoms with Crippen LogP contribution in [-0.2, 0) is 4.79 Å². The highest BCUT2D eigenvalue weighted by Gasteiger charge is 2.39. The molecule has 1 aliphatic heterocycles. The Morgan fingerprint density at radius 2 is 2.11 bits per heavy atom. The van der Waals surface area contributed by atoms with Gasteiger partial charge in [-0.05, 0) is 24.6 Å². The molecule has 0 saturated carbocycles. The van der Waals surface area contributed by atoms with E-state index in [0.717, 1.165) is 10.5 Å². The van der Waals surface area contributed by atoms with Crippen molar-refractivity contribution in [2.75, 3.05) is 6.54 Å². The minimum atomic E-state index is -1.12. The summed E-state index contributed by atoms with van der Waals surface area (Å²) in [5.74, 6) is -1.58. The fraction of sp³-hybridized carbons (Fsp3) is 0.385. The molecule has 0 spiro atoms. The van der Waals surface area contributed by atoms with Crippen LogP contribution in [0.3, 0.4) is 0 Å². The molecule has 2 atom stereocenters. The third kappa shape index (κ3) is 2.72. The number of hydrogen-bond acceptors (Lipinski definition) is 3. The Hall–Kier alpha value is -1.59. The molecule has 0 bridgehead atoms. The molecule has 0 unspecified atom stereocenters. The lowest BCUT2D eigenvalue weighted by Crippen LogP contribution is -2.40. The van der Waals surface area contributed by atoms with Crippen molar-refractivity contribution in [3.63, 3.8) is 0 Å². The average Bonchev–Trinajstić information content (AvgIpc) is 2.70. The smallest absolute Gasteiger partial charge is 0.326 e. The summed E-state index contributed by atoms with van der Waals surface area (Å²) in [6, 6.07) is 3.96. The van der Waals surface area contributed by atoms with E-state index >= 15 is 0 Å². The Morgan fingerprint density at radius 3 is 2.68 bits per heavy atom. The number of likely N-dealkylation sites (tertiary alicyclic amines) is 1. The minimum Gasteiger partial charge on any atom is -0.480 e. The summed E-state index contributed by atoms with van der Waals surface area (Å²) in [6.07, 6.45) is -0.765. The molecule has 0 radical (unpaired) electrons. The van der Waals surface area contributed by atoms with Gasteiger partial charge in [0, 0.05) is 13.0 Å². The molecule has 0 aromatic heterocycles. The monoisotopic (exact) mass is 283 g/mol. The summed E-state index contributed by atoms with van der Waals surface area (Å²) < 4.78 is 0. The number of aryl methyl sites for hydroxylation is 1. The van der Waals surface area contributed by atoms with Gasteiger partial charge in [0.15, 0.2) is 0 Å². The Labute approximate surface area is 115 Å². The predicted molar refractivity (Wildman–Crippen MR) is 69.3 cm³/mol. The lowest BCUT2D eigenvalue weighted by molar-refractivity contribution is -0.141. The normalized spacial score (nSPS) is 22.6. The molecular formula is C13H14ClNO4.